The van der Waals surface area contributed by atoms with E-state index in [0.717, 1.165) is 23.2 Å². The maximum absolute atomic E-state index is 2.07. The van der Waals surface area contributed by atoms with Crippen LogP contribution < -0.4 is 0 Å². The smallest absolute Gasteiger partial charge is 0.0202 e. The van der Waals surface area contributed by atoms with E-state index in [1.807, 2.05) is 0 Å². The summed E-state index contributed by atoms with van der Waals surface area (Å²) in [6.45, 7) is 0. The number of hydrogen-bond donors (Lipinski definition) is 0. The monoisotopic (exact) mass is 357 g/mol. The van der Waals surface area contributed by atoms with E-state index in [-0.39, 0.29) is 0 Å². The van der Waals surface area contributed by atoms with Gasteiger partial charge in [-0.3, -0.25) is 0 Å². The molecule has 5 fully saturated rings. The fourth-order valence-corrected chi connectivity index (χ4v) is 7.53. The molecule has 0 aromatic carbocycles. The van der Waals surface area contributed by atoms with Gasteiger partial charge in [-0.05, 0) is 74.0 Å². The van der Waals surface area contributed by atoms with Gasteiger partial charge in [-0.2, -0.15) is 0 Å². The fourth-order valence-electron chi connectivity index (χ4n) is 7.53. The summed E-state index contributed by atoms with van der Waals surface area (Å²) in [5.41, 5.74) is 0.766. The molecule has 5 saturated carbocycles. The summed E-state index contributed by atoms with van der Waals surface area (Å²) in [4.78, 5) is 0. The van der Waals surface area contributed by atoms with Crippen LogP contribution in [0.4, 0.5) is 0 Å². The highest BCUT2D eigenvalue weighted by atomic mass is 14.6. The Morgan fingerprint density at radius 3 is 1.85 bits per heavy atom. The van der Waals surface area contributed by atoms with Gasteiger partial charge in [-0.25, -0.2) is 0 Å². The molecule has 0 aliphatic heterocycles. The van der Waals surface area contributed by atoms with Crippen LogP contribution in [-0.2, 0) is 0 Å². The molecule has 2 unspecified atom stereocenters. The Balaban J connectivity index is 1.45. The second kappa shape index (κ2) is 9.47. The Hall–Kier alpha value is 0. The van der Waals surface area contributed by atoms with E-state index >= 15 is 0 Å². The minimum atomic E-state index is 0.766. The lowest BCUT2D eigenvalue weighted by molar-refractivity contribution is -0.0249. The van der Waals surface area contributed by atoms with Crippen LogP contribution in [-0.4, -0.2) is 0 Å². The van der Waals surface area contributed by atoms with Crippen molar-refractivity contribution in [1.29, 1.82) is 0 Å². The standard InChI is InChI=1S/C26H45/c1-2-5-10-14-23-20-26(21-23,18-12-8-3-1)25-15-11-7-4-6-9-13-22-16-17-24(25)19-22/h22-23,25H,1-21H2. The van der Waals surface area contributed by atoms with Gasteiger partial charge in [0, 0.05) is 0 Å². The molecule has 0 aromatic heterocycles. The minimum Gasteiger partial charge on any atom is -0.0533 e. The second-order valence-corrected chi connectivity index (χ2v) is 10.8. The van der Waals surface area contributed by atoms with Crippen LogP contribution >= 0.6 is 0 Å². The molecule has 5 aliphatic carbocycles. The summed E-state index contributed by atoms with van der Waals surface area (Å²) >= 11 is 0. The van der Waals surface area contributed by atoms with Crippen LogP contribution in [0.1, 0.15) is 135 Å². The van der Waals surface area contributed by atoms with E-state index in [1.165, 1.54) is 83.5 Å². The van der Waals surface area contributed by atoms with Crippen molar-refractivity contribution in [2.45, 2.75) is 135 Å². The van der Waals surface area contributed by atoms with Crippen LogP contribution in [0.2, 0.25) is 0 Å². The Labute approximate surface area is 164 Å². The topological polar surface area (TPSA) is 0 Å². The van der Waals surface area contributed by atoms with Gasteiger partial charge in [0.15, 0.2) is 0 Å². The third-order valence-corrected chi connectivity index (χ3v) is 8.94. The molecule has 0 heterocycles. The van der Waals surface area contributed by atoms with Crippen molar-refractivity contribution in [1.82, 2.24) is 0 Å². The first kappa shape index (κ1) is 19.3. The normalized spacial score (nSPS) is 41.3. The lowest BCUT2D eigenvalue weighted by atomic mass is 9.50. The first-order valence-electron chi connectivity index (χ1n) is 12.7. The first-order chi connectivity index (χ1) is 12.9. The van der Waals surface area contributed by atoms with Gasteiger partial charge in [0.05, 0.1) is 0 Å². The van der Waals surface area contributed by atoms with Crippen LogP contribution in [0.25, 0.3) is 0 Å². The molecule has 0 spiro atoms. The van der Waals surface area contributed by atoms with E-state index in [0.29, 0.717) is 0 Å². The lowest BCUT2D eigenvalue weighted by Crippen LogP contribution is -2.45. The summed E-state index contributed by atoms with van der Waals surface area (Å²) in [5, 5.41) is 0. The zero-order chi connectivity index (χ0) is 17.7. The van der Waals surface area contributed by atoms with Crippen molar-refractivity contribution >= 4 is 0 Å². The first-order valence-corrected chi connectivity index (χ1v) is 12.7. The van der Waals surface area contributed by atoms with E-state index in [2.05, 4.69) is 5.92 Å². The highest BCUT2D eigenvalue weighted by Gasteiger charge is 2.51. The molecule has 0 amide bonds. The predicted molar refractivity (Wildman–Crippen MR) is 113 cm³/mol. The Bertz CT molecular complexity index is 399. The molecule has 1 radical (unpaired) electrons. The third-order valence-electron chi connectivity index (χ3n) is 8.94. The van der Waals surface area contributed by atoms with Gasteiger partial charge in [0.2, 0.25) is 0 Å². The molecule has 0 aromatic rings. The number of hydrogen-bond acceptors (Lipinski definition) is 0. The Morgan fingerprint density at radius 1 is 0.538 bits per heavy atom. The van der Waals surface area contributed by atoms with Crippen molar-refractivity contribution in [3.8, 4) is 0 Å². The SMILES string of the molecule is C1CCCCC2CC(C3CCCCCCCC4CC[C]3C4)(CCCC1)C2. The van der Waals surface area contributed by atoms with Gasteiger partial charge >= 0.3 is 0 Å². The lowest BCUT2D eigenvalue weighted by Gasteiger charge is -2.55. The number of fused-ring (bicyclic) bond motifs is 10. The molecule has 0 N–H and O–H groups in total. The average molecular weight is 358 g/mol. The molecular formula is C26H45. The van der Waals surface area contributed by atoms with Crippen molar-refractivity contribution in [2.24, 2.45) is 23.2 Å². The third kappa shape index (κ3) is 4.70. The molecule has 4 bridgehead atoms. The summed E-state index contributed by atoms with van der Waals surface area (Å²) in [6.07, 6.45) is 32.4. The van der Waals surface area contributed by atoms with Gasteiger partial charge in [0.25, 0.3) is 0 Å². The summed E-state index contributed by atoms with van der Waals surface area (Å²) in [5.74, 6) is 5.28. The molecule has 26 heavy (non-hydrogen) atoms. The average Bonchev–Trinajstić information content (AvgIpc) is 3.03. The minimum absolute atomic E-state index is 0.766. The van der Waals surface area contributed by atoms with Crippen molar-refractivity contribution < 1.29 is 0 Å². The van der Waals surface area contributed by atoms with Crippen LogP contribution in [0.15, 0.2) is 0 Å². The van der Waals surface area contributed by atoms with E-state index < -0.39 is 0 Å². The highest BCUT2D eigenvalue weighted by Crippen LogP contribution is 2.62. The van der Waals surface area contributed by atoms with Crippen LogP contribution in [0, 0.1) is 29.1 Å². The van der Waals surface area contributed by atoms with Gasteiger partial charge < -0.3 is 0 Å². The van der Waals surface area contributed by atoms with Crippen molar-refractivity contribution in [3.05, 3.63) is 5.92 Å². The summed E-state index contributed by atoms with van der Waals surface area (Å²) in [7, 11) is 0. The van der Waals surface area contributed by atoms with Crippen LogP contribution in [0.3, 0.4) is 0 Å². The molecule has 149 valence electrons. The number of rotatable bonds is 1. The quantitative estimate of drug-likeness (QED) is 0.440. The highest BCUT2D eigenvalue weighted by molar-refractivity contribution is 5.12. The van der Waals surface area contributed by atoms with E-state index in [4.69, 9.17) is 0 Å². The molecule has 0 heteroatoms. The maximum atomic E-state index is 2.07. The van der Waals surface area contributed by atoms with Gasteiger partial charge in [-0.15, -0.1) is 0 Å². The fraction of sp³-hybridized carbons (Fsp3) is 0.962. The second-order valence-electron chi connectivity index (χ2n) is 10.8. The van der Waals surface area contributed by atoms with Gasteiger partial charge in [0.1, 0.15) is 0 Å². The van der Waals surface area contributed by atoms with E-state index in [9.17, 15) is 0 Å². The zero-order valence-electron chi connectivity index (χ0n) is 17.6. The molecule has 2 atom stereocenters. The Morgan fingerprint density at radius 2 is 1.12 bits per heavy atom. The predicted octanol–water partition coefficient (Wildman–Crippen LogP) is 8.64. The summed E-state index contributed by atoms with van der Waals surface area (Å²) < 4.78 is 0. The largest absolute Gasteiger partial charge is 0.0533 e. The Kier molecular flexibility index (Phi) is 7.04. The molecule has 5 aliphatic rings. The molecule has 5 rings (SSSR count). The van der Waals surface area contributed by atoms with Crippen molar-refractivity contribution in [2.75, 3.05) is 0 Å². The van der Waals surface area contributed by atoms with E-state index in [1.54, 1.807) is 51.4 Å². The van der Waals surface area contributed by atoms with Crippen molar-refractivity contribution in [3.63, 3.8) is 0 Å². The molecule has 0 saturated heterocycles. The summed E-state index contributed by atoms with van der Waals surface area (Å²) in [6, 6.07) is 0. The van der Waals surface area contributed by atoms with Gasteiger partial charge in [-0.1, -0.05) is 89.9 Å². The van der Waals surface area contributed by atoms with Crippen LogP contribution in [0.5, 0.6) is 0 Å². The molecular weight excluding hydrogens is 312 g/mol. The zero-order valence-corrected chi connectivity index (χ0v) is 17.6. The maximum Gasteiger partial charge on any atom is -0.0202 e. The molecule has 0 nitrogen and oxygen atoms in total.